The van der Waals surface area contributed by atoms with Crippen LogP contribution in [0.5, 0.6) is 0 Å². The third kappa shape index (κ3) is 3.04. The standard InChI is InChI=1S/C11H14N4O2S/c12-8-10-4-5-11(9-13-10)18(16,17)14-15-6-2-1-3-7-15/h4-5,9,14H,1-3,6-7H2. The highest BCUT2D eigenvalue weighted by Crippen LogP contribution is 2.11. The highest BCUT2D eigenvalue weighted by Gasteiger charge is 2.20. The number of hydrogen-bond acceptors (Lipinski definition) is 5. The molecule has 0 aliphatic carbocycles. The molecule has 0 saturated carbocycles. The van der Waals surface area contributed by atoms with Crippen LogP contribution in [0, 0.1) is 11.3 Å². The summed E-state index contributed by atoms with van der Waals surface area (Å²) in [5.41, 5.74) is 0.201. The first-order valence-corrected chi connectivity index (χ1v) is 7.24. The normalized spacial score (nSPS) is 17.3. The molecule has 0 amide bonds. The molecule has 1 fully saturated rings. The molecule has 2 rings (SSSR count). The van der Waals surface area contributed by atoms with Crippen LogP contribution in [0.2, 0.25) is 0 Å². The van der Waals surface area contributed by atoms with Crippen molar-refractivity contribution in [2.45, 2.75) is 24.2 Å². The lowest BCUT2D eigenvalue weighted by molar-refractivity contribution is 0.200. The van der Waals surface area contributed by atoms with Gasteiger partial charge in [-0.25, -0.2) is 18.4 Å². The third-order valence-electron chi connectivity index (χ3n) is 2.77. The van der Waals surface area contributed by atoms with Crippen molar-refractivity contribution < 1.29 is 8.42 Å². The van der Waals surface area contributed by atoms with Crippen molar-refractivity contribution >= 4 is 10.0 Å². The van der Waals surface area contributed by atoms with Crippen molar-refractivity contribution in [1.82, 2.24) is 14.8 Å². The molecule has 1 N–H and O–H groups in total. The SMILES string of the molecule is N#Cc1ccc(S(=O)(=O)NN2CCCCC2)cn1. The van der Waals surface area contributed by atoms with Gasteiger partial charge in [-0.05, 0) is 25.0 Å². The highest BCUT2D eigenvalue weighted by molar-refractivity contribution is 7.89. The summed E-state index contributed by atoms with van der Waals surface area (Å²) in [6, 6.07) is 4.63. The minimum absolute atomic E-state index is 0.0760. The number of sulfonamides is 1. The Morgan fingerprint density at radius 1 is 1.28 bits per heavy atom. The molecule has 0 atom stereocenters. The molecule has 0 bridgehead atoms. The average Bonchev–Trinajstić information content (AvgIpc) is 2.39. The predicted octanol–water partition coefficient (Wildman–Crippen LogP) is 0.632. The fourth-order valence-electron chi connectivity index (χ4n) is 1.81. The van der Waals surface area contributed by atoms with Crippen molar-refractivity contribution in [2.24, 2.45) is 0 Å². The molecule has 1 aliphatic rings. The zero-order chi connectivity index (χ0) is 13.0. The zero-order valence-corrected chi connectivity index (χ0v) is 10.7. The second-order valence-electron chi connectivity index (χ2n) is 4.13. The maximum absolute atomic E-state index is 12.0. The monoisotopic (exact) mass is 266 g/mol. The maximum atomic E-state index is 12.0. The van der Waals surface area contributed by atoms with Crippen LogP contribution in [0.4, 0.5) is 0 Å². The Labute approximate surface area is 106 Å². The van der Waals surface area contributed by atoms with E-state index in [0.717, 1.165) is 32.4 Å². The van der Waals surface area contributed by atoms with Gasteiger partial charge in [0.2, 0.25) is 0 Å². The Morgan fingerprint density at radius 2 is 2.00 bits per heavy atom. The van der Waals surface area contributed by atoms with E-state index >= 15 is 0 Å². The van der Waals surface area contributed by atoms with Crippen LogP contribution in [0.1, 0.15) is 25.0 Å². The van der Waals surface area contributed by atoms with Crippen LogP contribution in [-0.2, 0) is 10.0 Å². The van der Waals surface area contributed by atoms with Crippen LogP contribution < -0.4 is 4.83 Å². The predicted molar refractivity (Wildman–Crippen MR) is 64.7 cm³/mol. The molecule has 0 aromatic carbocycles. The molecular weight excluding hydrogens is 252 g/mol. The number of hydrazine groups is 1. The topological polar surface area (TPSA) is 86.1 Å². The number of pyridine rings is 1. The molecule has 1 saturated heterocycles. The lowest BCUT2D eigenvalue weighted by Crippen LogP contribution is -2.44. The van der Waals surface area contributed by atoms with E-state index in [-0.39, 0.29) is 10.6 Å². The van der Waals surface area contributed by atoms with E-state index in [9.17, 15) is 8.42 Å². The van der Waals surface area contributed by atoms with Gasteiger partial charge in [0, 0.05) is 19.3 Å². The van der Waals surface area contributed by atoms with Gasteiger partial charge in [-0.15, -0.1) is 4.83 Å². The lowest BCUT2D eigenvalue weighted by Gasteiger charge is -2.26. The second-order valence-corrected chi connectivity index (χ2v) is 5.79. The summed E-state index contributed by atoms with van der Waals surface area (Å²) in [5, 5.41) is 10.3. The summed E-state index contributed by atoms with van der Waals surface area (Å²) in [6.07, 6.45) is 4.32. The van der Waals surface area contributed by atoms with Crippen LogP contribution in [0.25, 0.3) is 0 Å². The maximum Gasteiger partial charge on any atom is 0.254 e. The molecule has 18 heavy (non-hydrogen) atoms. The van der Waals surface area contributed by atoms with E-state index in [4.69, 9.17) is 5.26 Å². The van der Waals surface area contributed by atoms with Gasteiger partial charge in [-0.1, -0.05) is 6.42 Å². The Kier molecular flexibility index (Phi) is 3.91. The average molecular weight is 266 g/mol. The Bertz CT molecular complexity index is 541. The van der Waals surface area contributed by atoms with Crippen LogP contribution in [-0.4, -0.2) is 31.5 Å². The third-order valence-corrected chi connectivity index (χ3v) is 4.13. The van der Waals surface area contributed by atoms with Gasteiger partial charge in [0.05, 0.1) is 0 Å². The number of nitriles is 1. The first-order valence-electron chi connectivity index (χ1n) is 5.75. The molecule has 1 aromatic rings. The van der Waals surface area contributed by atoms with Gasteiger partial charge in [-0.3, -0.25) is 0 Å². The Hall–Kier alpha value is -1.49. The molecule has 96 valence electrons. The number of rotatable bonds is 3. The summed E-state index contributed by atoms with van der Waals surface area (Å²) in [6.45, 7) is 1.45. The summed E-state index contributed by atoms with van der Waals surface area (Å²) in [7, 11) is -3.58. The molecule has 0 spiro atoms. The summed E-state index contributed by atoms with van der Waals surface area (Å²) >= 11 is 0. The van der Waals surface area contributed by atoms with Gasteiger partial charge in [-0.2, -0.15) is 5.26 Å². The van der Waals surface area contributed by atoms with Gasteiger partial charge < -0.3 is 0 Å². The smallest absolute Gasteiger partial charge is 0.244 e. The minimum atomic E-state index is -3.58. The van der Waals surface area contributed by atoms with E-state index in [1.54, 1.807) is 5.01 Å². The lowest BCUT2D eigenvalue weighted by atomic mass is 10.2. The summed E-state index contributed by atoms with van der Waals surface area (Å²) < 4.78 is 24.0. The van der Waals surface area contributed by atoms with Crippen molar-refractivity contribution in [3.63, 3.8) is 0 Å². The minimum Gasteiger partial charge on any atom is -0.244 e. The van der Waals surface area contributed by atoms with Gasteiger partial charge in [0.15, 0.2) is 0 Å². The van der Waals surface area contributed by atoms with Crippen LogP contribution >= 0.6 is 0 Å². The van der Waals surface area contributed by atoms with Crippen molar-refractivity contribution in [1.29, 1.82) is 5.26 Å². The zero-order valence-electron chi connectivity index (χ0n) is 9.83. The number of hydrogen-bond donors (Lipinski definition) is 1. The second kappa shape index (κ2) is 5.44. The van der Waals surface area contributed by atoms with Gasteiger partial charge in [0.1, 0.15) is 16.7 Å². The molecule has 1 aromatic heterocycles. The number of piperidine rings is 1. The number of nitrogens with zero attached hydrogens (tertiary/aromatic N) is 3. The van der Waals surface area contributed by atoms with E-state index in [0.29, 0.717) is 0 Å². The van der Waals surface area contributed by atoms with E-state index < -0.39 is 10.0 Å². The summed E-state index contributed by atoms with van der Waals surface area (Å²) in [5.74, 6) is 0. The van der Waals surface area contributed by atoms with Crippen molar-refractivity contribution in [2.75, 3.05) is 13.1 Å². The van der Waals surface area contributed by atoms with E-state index in [1.807, 2.05) is 6.07 Å². The van der Waals surface area contributed by atoms with E-state index in [1.165, 1.54) is 18.3 Å². The first-order chi connectivity index (χ1) is 8.62. The van der Waals surface area contributed by atoms with Crippen LogP contribution in [0.15, 0.2) is 23.2 Å². The first kappa shape index (κ1) is 13.0. The Balaban J connectivity index is 2.12. The largest absolute Gasteiger partial charge is 0.254 e. The van der Waals surface area contributed by atoms with Crippen molar-refractivity contribution in [3.05, 3.63) is 24.0 Å². The molecule has 6 nitrogen and oxygen atoms in total. The fourth-order valence-corrected chi connectivity index (χ4v) is 2.88. The molecule has 0 radical (unpaired) electrons. The molecule has 1 aliphatic heterocycles. The highest BCUT2D eigenvalue weighted by atomic mass is 32.2. The van der Waals surface area contributed by atoms with Gasteiger partial charge in [0.25, 0.3) is 10.0 Å². The molecule has 0 unspecified atom stereocenters. The van der Waals surface area contributed by atoms with Crippen LogP contribution in [0.3, 0.4) is 0 Å². The van der Waals surface area contributed by atoms with E-state index in [2.05, 4.69) is 9.82 Å². The molecular formula is C11H14N4O2S. The summed E-state index contributed by atoms with van der Waals surface area (Å²) in [4.78, 5) is 6.37. The quantitative estimate of drug-likeness (QED) is 0.867. The number of nitrogens with one attached hydrogen (secondary N) is 1. The number of aromatic nitrogens is 1. The molecule has 7 heteroatoms. The fraction of sp³-hybridized carbons (Fsp3) is 0.455. The van der Waals surface area contributed by atoms with Crippen molar-refractivity contribution in [3.8, 4) is 6.07 Å². The van der Waals surface area contributed by atoms with Gasteiger partial charge >= 0.3 is 0 Å². The Morgan fingerprint density at radius 3 is 2.56 bits per heavy atom. The molecule has 2 heterocycles.